The molecule has 2 aromatic carbocycles. The summed E-state index contributed by atoms with van der Waals surface area (Å²) in [6, 6.07) is 15.8. The van der Waals surface area contributed by atoms with Crippen LogP contribution in [0.25, 0.3) is 0 Å². The van der Waals surface area contributed by atoms with E-state index in [1.165, 1.54) is 102 Å². The van der Waals surface area contributed by atoms with E-state index in [4.69, 9.17) is 4.74 Å². The molecule has 3 heteroatoms. The quantitative estimate of drug-likeness (QED) is 0.127. The zero-order valence-electron chi connectivity index (χ0n) is 24.0. The van der Waals surface area contributed by atoms with Crippen LogP contribution in [-0.4, -0.2) is 5.97 Å². The highest BCUT2D eigenvalue weighted by Crippen LogP contribution is 2.38. The molecular weight excluding hydrogens is 466 g/mol. The summed E-state index contributed by atoms with van der Waals surface area (Å²) < 4.78 is 5.64. The molecule has 0 N–H and O–H groups in total. The third kappa shape index (κ3) is 9.94. The van der Waals surface area contributed by atoms with E-state index in [1.807, 2.05) is 24.3 Å². The molecule has 0 aliphatic heterocycles. The minimum Gasteiger partial charge on any atom is -0.422 e. The third-order valence-electron chi connectivity index (χ3n) is 8.37. The highest BCUT2D eigenvalue weighted by atomic mass is 16.5. The molecule has 0 amide bonds. The first kappa shape index (κ1) is 29.9. The number of carbonyl (C=O) groups excluding carboxylic acids is 1. The van der Waals surface area contributed by atoms with Crippen LogP contribution in [0.4, 0.5) is 0 Å². The van der Waals surface area contributed by atoms with Gasteiger partial charge in [-0.1, -0.05) is 103 Å². The average molecular weight is 516 g/mol. The van der Waals surface area contributed by atoms with Crippen molar-refractivity contribution in [2.45, 2.75) is 129 Å². The lowest BCUT2D eigenvalue weighted by molar-refractivity contribution is 0.0734. The minimum absolute atomic E-state index is 0.347. The second-order valence-electron chi connectivity index (χ2n) is 11.4. The summed E-state index contributed by atoms with van der Waals surface area (Å²) in [6.45, 7) is 4.50. The number of hydrogen-bond acceptors (Lipinski definition) is 3. The van der Waals surface area contributed by atoms with Crippen LogP contribution < -0.4 is 4.74 Å². The molecule has 1 saturated carbocycles. The first-order valence-corrected chi connectivity index (χ1v) is 15.5. The van der Waals surface area contributed by atoms with Crippen molar-refractivity contribution in [1.29, 1.82) is 5.26 Å². The number of hydrogen-bond donors (Lipinski definition) is 0. The number of esters is 1. The number of nitriles is 1. The van der Waals surface area contributed by atoms with Gasteiger partial charge < -0.3 is 4.74 Å². The molecule has 38 heavy (non-hydrogen) atoms. The van der Waals surface area contributed by atoms with Crippen LogP contribution in [0.5, 0.6) is 5.75 Å². The van der Waals surface area contributed by atoms with Crippen molar-refractivity contribution in [2.24, 2.45) is 5.92 Å². The Kier molecular flexibility index (Phi) is 13.5. The summed E-state index contributed by atoms with van der Waals surface area (Å²) in [6.07, 6.45) is 21.9. The Morgan fingerprint density at radius 3 is 2.11 bits per heavy atom. The number of aryl methyl sites for hydroxylation is 1. The molecule has 0 bridgehead atoms. The summed E-state index contributed by atoms with van der Waals surface area (Å²) in [5, 5.41) is 9.62. The fourth-order valence-electron chi connectivity index (χ4n) is 5.89. The molecule has 0 saturated heterocycles. The predicted molar refractivity (Wildman–Crippen MR) is 158 cm³/mol. The molecule has 0 spiro atoms. The van der Waals surface area contributed by atoms with Crippen molar-refractivity contribution in [3.8, 4) is 11.8 Å². The van der Waals surface area contributed by atoms with E-state index < -0.39 is 5.97 Å². The molecule has 0 aromatic heterocycles. The predicted octanol–water partition coefficient (Wildman–Crippen LogP) is 10.3. The zero-order chi connectivity index (χ0) is 27.0. The maximum Gasteiger partial charge on any atom is 0.343 e. The molecule has 206 valence electrons. The van der Waals surface area contributed by atoms with Crippen LogP contribution in [0.2, 0.25) is 0 Å². The van der Waals surface area contributed by atoms with Gasteiger partial charge in [-0.2, -0.15) is 5.26 Å². The minimum atomic E-state index is -0.400. The van der Waals surface area contributed by atoms with E-state index in [2.05, 4.69) is 32.0 Å². The summed E-state index contributed by atoms with van der Waals surface area (Å²) in [5.74, 6) is 1.44. The lowest BCUT2D eigenvalue weighted by Crippen LogP contribution is -2.14. The van der Waals surface area contributed by atoms with Gasteiger partial charge >= 0.3 is 5.97 Å². The number of nitrogens with zero attached hydrogens (tertiary/aromatic N) is 1. The lowest BCUT2D eigenvalue weighted by Gasteiger charge is -2.29. The molecule has 0 radical (unpaired) electrons. The SMILES string of the molecule is CCCCCCCCC1CCC(c2ccc(C(=O)Oc3ccc(CCCCCCC)cc3C#N)cc2)CC1. The molecule has 1 fully saturated rings. The van der Waals surface area contributed by atoms with Crippen molar-refractivity contribution in [1.82, 2.24) is 0 Å². The number of ether oxygens (including phenoxy) is 1. The standard InChI is InChI=1S/C35H49NO2/c1-3-5-7-9-11-12-14-28-16-19-30(20-17-28)31-21-23-32(24-22-31)35(37)38-34-25-18-29(26-33(34)27-36)15-13-10-8-6-4-2/h18,21-26,28,30H,3-17,19-20H2,1-2H3. The Bertz CT molecular complexity index is 996. The largest absolute Gasteiger partial charge is 0.422 e. The highest BCUT2D eigenvalue weighted by molar-refractivity contribution is 5.91. The normalized spacial score (nSPS) is 17.2. The van der Waals surface area contributed by atoms with Crippen LogP contribution in [0.3, 0.4) is 0 Å². The molecule has 0 unspecified atom stereocenters. The molecule has 2 aromatic rings. The van der Waals surface area contributed by atoms with Gasteiger partial charge in [0.2, 0.25) is 0 Å². The topological polar surface area (TPSA) is 50.1 Å². The Balaban J connectivity index is 1.44. The monoisotopic (exact) mass is 515 g/mol. The fourth-order valence-corrected chi connectivity index (χ4v) is 5.89. The van der Waals surface area contributed by atoms with Gasteiger partial charge in [-0.05, 0) is 85.8 Å². The van der Waals surface area contributed by atoms with Crippen LogP contribution in [0, 0.1) is 17.2 Å². The number of carbonyl (C=O) groups is 1. The Labute approximate surface area is 232 Å². The molecule has 3 rings (SSSR count). The molecule has 1 aliphatic rings. The average Bonchev–Trinajstić information content (AvgIpc) is 2.96. The van der Waals surface area contributed by atoms with Crippen molar-refractivity contribution in [3.63, 3.8) is 0 Å². The van der Waals surface area contributed by atoms with Crippen molar-refractivity contribution >= 4 is 5.97 Å². The van der Waals surface area contributed by atoms with E-state index in [0.717, 1.165) is 24.3 Å². The second-order valence-corrected chi connectivity index (χ2v) is 11.4. The Morgan fingerprint density at radius 2 is 1.45 bits per heavy atom. The summed E-state index contributed by atoms with van der Waals surface area (Å²) in [4.78, 5) is 12.8. The first-order valence-electron chi connectivity index (χ1n) is 15.5. The molecule has 0 atom stereocenters. The maximum atomic E-state index is 12.8. The van der Waals surface area contributed by atoms with Crippen molar-refractivity contribution in [3.05, 3.63) is 64.7 Å². The van der Waals surface area contributed by atoms with Crippen molar-refractivity contribution in [2.75, 3.05) is 0 Å². The third-order valence-corrected chi connectivity index (χ3v) is 8.37. The van der Waals surface area contributed by atoms with Gasteiger partial charge in [0.15, 0.2) is 0 Å². The number of rotatable bonds is 16. The van der Waals surface area contributed by atoms with Gasteiger partial charge in [-0.25, -0.2) is 4.79 Å². The molecule has 1 aliphatic carbocycles. The number of unbranched alkanes of at least 4 members (excludes halogenated alkanes) is 9. The first-order chi connectivity index (χ1) is 18.6. The summed E-state index contributed by atoms with van der Waals surface area (Å²) in [5.41, 5.74) is 3.43. The van der Waals surface area contributed by atoms with E-state index >= 15 is 0 Å². The van der Waals surface area contributed by atoms with Crippen LogP contribution in [-0.2, 0) is 6.42 Å². The van der Waals surface area contributed by atoms with Gasteiger partial charge in [-0.15, -0.1) is 0 Å². The zero-order valence-corrected chi connectivity index (χ0v) is 24.0. The molecule has 3 nitrogen and oxygen atoms in total. The van der Waals surface area contributed by atoms with Crippen molar-refractivity contribution < 1.29 is 9.53 Å². The lowest BCUT2D eigenvalue weighted by atomic mass is 9.77. The Hall–Kier alpha value is -2.60. The van der Waals surface area contributed by atoms with E-state index in [1.54, 1.807) is 6.07 Å². The fraction of sp³-hybridized carbons (Fsp3) is 0.600. The van der Waals surface area contributed by atoms with Gasteiger partial charge in [-0.3, -0.25) is 0 Å². The van der Waals surface area contributed by atoms with E-state index in [0.29, 0.717) is 22.8 Å². The molecular formula is C35H49NO2. The van der Waals surface area contributed by atoms with Crippen LogP contribution in [0.1, 0.15) is 150 Å². The van der Waals surface area contributed by atoms with Gasteiger partial charge in [0.05, 0.1) is 11.1 Å². The maximum absolute atomic E-state index is 12.8. The Morgan fingerprint density at radius 1 is 0.816 bits per heavy atom. The van der Waals surface area contributed by atoms with E-state index in [-0.39, 0.29) is 0 Å². The summed E-state index contributed by atoms with van der Waals surface area (Å²) >= 11 is 0. The van der Waals surface area contributed by atoms with Gasteiger partial charge in [0.1, 0.15) is 11.8 Å². The number of benzene rings is 2. The highest BCUT2D eigenvalue weighted by Gasteiger charge is 2.22. The smallest absolute Gasteiger partial charge is 0.343 e. The van der Waals surface area contributed by atoms with Crippen LogP contribution in [0.15, 0.2) is 42.5 Å². The van der Waals surface area contributed by atoms with Gasteiger partial charge in [0.25, 0.3) is 0 Å². The van der Waals surface area contributed by atoms with Gasteiger partial charge in [0, 0.05) is 0 Å². The summed E-state index contributed by atoms with van der Waals surface area (Å²) in [7, 11) is 0. The second kappa shape index (κ2) is 17.1. The van der Waals surface area contributed by atoms with Crippen LogP contribution >= 0.6 is 0 Å². The van der Waals surface area contributed by atoms with E-state index in [9.17, 15) is 10.1 Å². The molecule has 0 heterocycles.